The topological polar surface area (TPSA) is 95.8 Å². The SMILES string of the molecule is CC(C)(C)n1cc(CCOCCOCCOCCN2C(=O)C=CC2=O)nn1. The van der Waals surface area contributed by atoms with Crippen LogP contribution in [0.5, 0.6) is 0 Å². The Bertz CT molecular complexity index is 632. The van der Waals surface area contributed by atoms with Crippen molar-refractivity contribution in [2.75, 3.05) is 46.2 Å². The van der Waals surface area contributed by atoms with Gasteiger partial charge in [0, 0.05) is 24.8 Å². The maximum absolute atomic E-state index is 11.3. The summed E-state index contributed by atoms with van der Waals surface area (Å²) in [7, 11) is 0. The first-order chi connectivity index (χ1) is 12.9. The van der Waals surface area contributed by atoms with Gasteiger partial charge < -0.3 is 14.2 Å². The van der Waals surface area contributed by atoms with Crippen molar-refractivity contribution in [1.29, 1.82) is 0 Å². The number of ether oxygens (including phenoxy) is 3. The van der Waals surface area contributed by atoms with Crippen LogP contribution >= 0.6 is 0 Å². The third kappa shape index (κ3) is 7.20. The van der Waals surface area contributed by atoms with Crippen LogP contribution in [-0.2, 0) is 35.8 Å². The lowest BCUT2D eigenvalue weighted by Crippen LogP contribution is -2.33. The Hall–Kier alpha value is -2.10. The highest BCUT2D eigenvalue weighted by atomic mass is 16.5. The summed E-state index contributed by atoms with van der Waals surface area (Å²) in [6, 6.07) is 0. The normalized spacial score (nSPS) is 14.6. The van der Waals surface area contributed by atoms with E-state index in [1.54, 1.807) is 0 Å². The molecule has 0 bridgehead atoms. The van der Waals surface area contributed by atoms with Gasteiger partial charge in [-0.15, -0.1) is 5.10 Å². The van der Waals surface area contributed by atoms with Crippen molar-refractivity contribution in [2.24, 2.45) is 0 Å². The zero-order valence-corrected chi connectivity index (χ0v) is 16.2. The summed E-state index contributed by atoms with van der Waals surface area (Å²) in [5, 5.41) is 8.25. The minimum atomic E-state index is -0.294. The average molecular weight is 380 g/mol. The molecule has 0 aliphatic carbocycles. The Kier molecular flexibility index (Phi) is 8.08. The molecular formula is C18H28N4O5. The van der Waals surface area contributed by atoms with Crippen LogP contribution in [0.3, 0.4) is 0 Å². The molecule has 0 atom stereocenters. The van der Waals surface area contributed by atoms with E-state index in [0.29, 0.717) is 46.1 Å². The minimum Gasteiger partial charge on any atom is -0.379 e. The lowest BCUT2D eigenvalue weighted by atomic mass is 10.1. The van der Waals surface area contributed by atoms with Gasteiger partial charge in [0.25, 0.3) is 11.8 Å². The first-order valence-corrected chi connectivity index (χ1v) is 9.06. The van der Waals surface area contributed by atoms with Crippen LogP contribution in [0.25, 0.3) is 0 Å². The number of hydrogen-bond acceptors (Lipinski definition) is 7. The molecule has 150 valence electrons. The highest BCUT2D eigenvalue weighted by Crippen LogP contribution is 2.11. The molecule has 1 aliphatic heterocycles. The van der Waals surface area contributed by atoms with Gasteiger partial charge in [-0.05, 0) is 20.8 Å². The number of nitrogens with zero attached hydrogens (tertiary/aromatic N) is 4. The molecule has 27 heavy (non-hydrogen) atoms. The summed E-state index contributed by atoms with van der Waals surface area (Å²) in [5.74, 6) is -0.587. The zero-order valence-electron chi connectivity index (χ0n) is 16.2. The second-order valence-electron chi connectivity index (χ2n) is 7.07. The van der Waals surface area contributed by atoms with Crippen molar-refractivity contribution in [3.05, 3.63) is 24.0 Å². The van der Waals surface area contributed by atoms with E-state index in [9.17, 15) is 9.59 Å². The van der Waals surface area contributed by atoms with Crippen molar-refractivity contribution in [3.63, 3.8) is 0 Å². The van der Waals surface area contributed by atoms with E-state index in [0.717, 1.165) is 10.6 Å². The second-order valence-corrected chi connectivity index (χ2v) is 7.07. The molecule has 0 saturated carbocycles. The molecule has 0 aromatic carbocycles. The van der Waals surface area contributed by atoms with E-state index in [2.05, 4.69) is 31.1 Å². The summed E-state index contributed by atoms with van der Waals surface area (Å²) in [6.07, 6.45) is 5.18. The van der Waals surface area contributed by atoms with Crippen molar-refractivity contribution in [1.82, 2.24) is 19.9 Å². The summed E-state index contributed by atoms with van der Waals surface area (Å²) in [5.41, 5.74) is 0.836. The molecule has 0 saturated heterocycles. The number of carbonyl (C=O) groups excluding carboxylic acids is 2. The molecule has 0 unspecified atom stereocenters. The van der Waals surface area contributed by atoms with Crippen LogP contribution in [-0.4, -0.2) is 77.9 Å². The average Bonchev–Trinajstić information content (AvgIpc) is 3.21. The zero-order chi connectivity index (χ0) is 19.7. The van der Waals surface area contributed by atoms with Gasteiger partial charge in [-0.25, -0.2) is 4.68 Å². The van der Waals surface area contributed by atoms with Crippen LogP contribution in [0, 0.1) is 0 Å². The van der Waals surface area contributed by atoms with E-state index in [-0.39, 0.29) is 23.9 Å². The predicted octanol–water partition coefficient (Wildman–Crippen LogP) is 0.550. The molecule has 1 aromatic rings. The van der Waals surface area contributed by atoms with Gasteiger partial charge in [-0.2, -0.15) is 0 Å². The first kappa shape index (κ1) is 21.2. The molecule has 9 heteroatoms. The largest absolute Gasteiger partial charge is 0.379 e. The van der Waals surface area contributed by atoms with Crippen LogP contribution in [0.1, 0.15) is 26.5 Å². The Morgan fingerprint density at radius 1 is 0.889 bits per heavy atom. The fraction of sp³-hybridized carbons (Fsp3) is 0.667. The molecule has 0 fully saturated rings. The predicted molar refractivity (Wildman–Crippen MR) is 97.0 cm³/mol. The number of rotatable bonds is 12. The lowest BCUT2D eigenvalue weighted by molar-refractivity contribution is -0.137. The quantitative estimate of drug-likeness (QED) is 0.386. The fourth-order valence-electron chi connectivity index (χ4n) is 2.27. The summed E-state index contributed by atoms with van der Waals surface area (Å²) in [6.45, 7) is 9.16. The highest BCUT2D eigenvalue weighted by Gasteiger charge is 2.22. The molecule has 1 aliphatic rings. The highest BCUT2D eigenvalue weighted by molar-refractivity contribution is 6.12. The second kappa shape index (κ2) is 10.3. The Morgan fingerprint density at radius 2 is 1.44 bits per heavy atom. The van der Waals surface area contributed by atoms with Crippen LogP contribution < -0.4 is 0 Å². The first-order valence-electron chi connectivity index (χ1n) is 9.06. The third-order valence-electron chi connectivity index (χ3n) is 3.83. The van der Waals surface area contributed by atoms with E-state index in [1.807, 2.05) is 10.9 Å². The maximum Gasteiger partial charge on any atom is 0.253 e. The lowest BCUT2D eigenvalue weighted by Gasteiger charge is -2.17. The fourth-order valence-corrected chi connectivity index (χ4v) is 2.27. The van der Waals surface area contributed by atoms with Gasteiger partial charge in [0.2, 0.25) is 0 Å². The molecule has 1 aromatic heterocycles. The summed E-state index contributed by atoms with van der Waals surface area (Å²) >= 11 is 0. The summed E-state index contributed by atoms with van der Waals surface area (Å²) < 4.78 is 18.1. The van der Waals surface area contributed by atoms with Gasteiger partial charge in [-0.1, -0.05) is 5.21 Å². The van der Waals surface area contributed by atoms with E-state index in [4.69, 9.17) is 14.2 Å². The molecule has 0 radical (unpaired) electrons. The molecular weight excluding hydrogens is 352 g/mol. The number of aromatic nitrogens is 3. The molecule has 9 nitrogen and oxygen atoms in total. The van der Waals surface area contributed by atoms with Crippen molar-refractivity contribution in [3.8, 4) is 0 Å². The maximum atomic E-state index is 11.3. The number of hydrogen-bond donors (Lipinski definition) is 0. The van der Waals surface area contributed by atoms with Gasteiger partial charge >= 0.3 is 0 Å². The Morgan fingerprint density at radius 3 is 2.00 bits per heavy atom. The van der Waals surface area contributed by atoms with E-state index < -0.39 is 0 Å². The third-order valence-corrected chi connectivity index (χ3v) is 3.83. The van der Waals surface area contributed by atoms with Gasteiger partial charge in [0.15, 0.2) is 0 Å². The minimum absolute atomic E-state index is 0.0710. The molecule has 2 rings (SSSR count). The standard InChI is InChI=1S/C18H28N4O5/c1-18(2,3)22-14-15(19-20-22)6-8-25-10-12-27-13-11-26-9-7-21-16(23)4-5-17(21)24/h4-5,14H,6-13H2,1-3H3. The molecule has 0 N–H and O–H groups in total. The molecule has 2 amide bonds. The van der Waals surface area contributed by atoms with Gasteiger partial charge in [-0.3, -0.25) is 14.5 Å². The Balaban J connectivity index is 1.40. The van der Waals surface area contributed by atoms with Crippen LogP contribution in [0.4, 0.5) is 0 Å². The Labute approximate surface area is 159 Å². The number of amides is 2. The van der Waals surface area contributed by atoms with Crippen molar-refractivity contribution in [2.45, 2.75) is 32.7 Å². The monoisotopic (exact) mass is 380 g/mol. The molecule has 2 heterocycles. The van der Waals surface area contributed by atoms with Gasteiger partial charge in [0.05, 0.1) is 57.4 Å². The molecule has 0 spiro atoms. The van der Waals surface area contributed by atoms with E-state index >= 15 is 0 Å². The van der Waals surface area contributed by atoms with Crippen molar-refractivity contribution >= 4 is 11.8 Å². The van der Waals surface area contributed by atoms with Crippen LogP contribution in [0.15, 0.2) is 18.3 Å². The number of carbonyl (C=O) groups is 2. The van der Waals surface area contributed by atoms with Crippen molar-refractivity contribution < 1.29 is 23.8 Å². The smallest absolute Gasteiger partial charge is 0.253 e. The summed E-state index contributed by atoms with van der Waals surface area (Å²) in [4.78, 5) is 23.8. The van der Waals surface area contributed by atoms with Gasteiger partial charge in [0.1, 0.15) is 0 Å². The van der Waals surface area contributed by atoms with E-state index in [1.165, 1.54) is 12.2 Å². The number of imide groups is 1. The van der Waals surface area contributed by atoms with Crippen LogP contribution in [0.2, 0.25) is 0 Å².